The Kier molecular flexibility index (Phi) is 5.06. The second-order valence-corrected chi connectivity index (χ2v) is 5.32. The van der Waals surface area contributed by atoms with Crippen molar-refractivity contribution in [1.29, 1.82) is 0 Å². The third-order valence-corrected chi connectivity index (χ3v) is 3.81. The maximum atomic E-state index is 5.43. The Hall–Kier alpha value is -1.02. The minimum Gasteiger partial charge on any atom is -0.496 e. The molecule has 18 heavy (non-hydrogen) atoms. The van der Waals surface area contributed by atoms with E-state index in [-0.39, 0.29) is 0 Å². The summed E-state index contributed by atoms with van der Waals surface area (Å²) in [6.07, 6.45) is 6.55. The molecule has 2 rings (SSSR count). The summed E-state index contributed by atoms with van der Waals surface area (Å²) in [5.74, 6) is 1.04. The molecule has 0 atom stereocenters. The van der Waals surface area contributed by atoms with E-state index in [4.69, 9.17) is 4.74 Å². The van der Waals surface area contributed by atoms with Crippen LogP contribution in [-0.4, -0.2) is 31.6 Å². The van der Waals surface area contributed by atoms with E-state index < -0.39 is 0 Å². The molecular weight excluding hydrogens is 222 g/mol. The number of hydrogen-bond acceptors (Lipinski definition) is 2. The van der Waals surface area contributed by atoms with Gasteiger partial charge >= 0.3 is 0 Å². The molecule has 1 aromatic carbocycles. The van der Waals surface area contributed by atoms with E-state index in [1.165, 1.54) is 56.4 Å². The number of aryl methyl sites for hydroxylation is 2. The van der Waals surface area contributed by atoms with Crippen molar-refractivity contribution in [3.63, 3.8) is 0 Å². The van der Waals surface area contributed by atoms with Crippen molar-refractivity contribution < 1.29 is 4.74 Å². The molecule has 0 radical (unpaired) electrons. The molecule has 2 heteroatoms. The summed E-state index contributed by atoms with van der Waals surface area (Å²) in [6.45, 7) is 5.97. The van der Waals surface area contributed by atoms with Gasteiger partial charge < -0.3 is 9.64 Å². The highest BCUT2D eigenvalue weighted by molar-refractivity contribution is 5.36. The minimum atomic E-state index is 1.04. The van der Waals surface area contributed by atoms with Crippen LogP contribution in [0, 0.1) is 6.92 Å². The second-order valence-electron chi connectivity index (χ2n) is 5.32. The van der Waals surface area contributed by atoms with Crippen LogP contribution in [0.25, 0.3) is 0 Å². The average Bonchev–Trinajstić information content (AvgIpc) is 2.40. The third kappa shape index (κ3) is 3.74. The number of ether oxygens (including phenoxy) is 1. The number of hydrogen-bond donors (Lipinski definition) is 0. The van der Waals surface area contributed by atoms with Gasteiger partial charge in [-0.3, -0.25) is 0 Å². The van der Waals surface area contributed by atoms with Crippen molar-refractivity contribution in [2.75, 3.05) is 26.7 Å². The Labute approximate surface area is 111 Å². The van der Waals surface area contributed by atoms with Crippen molar-refractivity contribution in [3.8, 4) is 5.75 Å². The van der Waals surface area contributed by atoms with Gasteiger partial charge in [-0.1, -0.05) is 24.1 Å². The van der Waals surface area contributed by atoms with Crippen molar-refractivity contribution in [3.05, 3.63) is 29.3 Å². The molecule has 1 heterocycles. The van der Waals surface area contributed by atoms with Gasteiger partial charge in [0.05, 0.1) is 7.11 Å². The summed E-state index contributed by atoms with van der Waals surface area (Å²) in [4.78, 5) is 2.60. The zero-order valence-corrected chi connectivity index (χ0v) is 11.7. The fourth-order valence-electron chi connectivity index (χ4n) is 2.78. The van der Waals surface area contributed by atoms with Gasteiger partial charge in [-0.15, -0.1) is 0 Å². The smallest absolute Gasteiger partial charge is 0.122 e. The van der Waals surface area contributed by atoms with Crippen LogP contribution >= 0.6 is 0 Å². The summed E-state index contributed by atoms with van der Waals surface area (Å²) in [7, 11) is 1.76. The Bertz CT molecular complexity index is 369. The minimum absolute atomic E-state index is 1.04. The molecule has 0 amide bonds. The lowest BCUT2D eigenvalue weighted by atomic mass is 10.0. The van der Waals surface area contributed by atoms with E-state index in [0.717, 1.165) is 12.2 Å². The van der Waals surface area contributed by atoms with E-state index in [0.29, 0.717) is 0 Å². The lowest BCUT2D eigenvalue weighted by Gasteiger charge is -2.26. The van der Waals surface area contributed by atoms with Crippen molar-refractivity contribution in [2.24, 2.45) is 0 Å². The summed E-state index contributed by atoms with van der Waals surface area (Å²) in [5.41, 5.74) is 2.68. The van der Waals surface area contributed by atoms with Crippen LogP contribution in [0.2, 0.25) is 0 Å². The maximum absolute atomic E-state index is 5.43. The van der Waals surface area contributed by atoms with Gasteiger partial charge in [0.1, 0.15) is 5.75 Å². The van der Waals surface area contributed by atoms with Crippen LogP contribution in [-0.2, 0) is 6.42 Å². The largest absolute Gasteiger partial charge is 0.496 e. The molecule has 0 aliphatic carbocycles. The third-order valence-electron chi connectivity index (χ3n) is 3.81. The zero-order valence-electron chi connectivity index (χ0n) is 11.7. The molecule has 100 valence electrons. The van der Waals surface area contributed by atoms with Crippen LogP contribution in [0.4, 0.5) is 0 Å². The molecule has 0 aromatic heterocycles. The first kappa shape index (κ1) is 13.4. The molecule has 1 aromatic rings. The second kappa shape index (κ2) is 6.79. The summed E-state index contributed by atoms with van der Waals surface area (Å²) in [6, 6.07) is 6.47. The Morgan fingerprint density at radius 3 is 2.67 bits per heavy atom. The van der Waals surface area contributed by atoms with Gasteiger partial charge in [-0.25, -0.2) is 0 Å². The standard InChI is InChI=1S/C16H25NO/c1-14-8-9-16(18-2)15(13-14)7-6-12-17-10-4-3-5-11-17/h8-9,13H,3-7,10-12H2,1-2H3. The highest BCUT2D eigenvalue weighted by Gasteiger charge is 2.10. The Morgan fingerprint density at radius 2 is 1.94 bits per heavy atom. The van der Waals surface area contributed by atoms with Crippen LogP contribution in [0.5, 0.6) is 5.75 Å². The molecule has 0 saturated carbocycles. The number of rotatable bonds is 5. The number of nitrogens with zero attached hydrogens (tertiary/aromatic N) is 1. The van der Waals surface area contributed by atoms with Gasteiger partial charge in [-0.05, 0) is 63.9 Å². The Morgan fingerprint density at radius 1 is 1.17 bits per heavy atom. The quantitative estimate of drug-likeness (QED) is 0.790. The van der Waals surface area contributed by atoms with E-state index in [2.05, 4.69) is 30.0 Å². The van der Waals surface area contributed by atoms with Gasteiger partial charge in [0, 0.05) is 0 Å². The van der Waals surface area contributed by atoms with Crippen molar-refractivity contribution in [1.82, 2.24) is 4.90 Å². The maximum Gasteiger partial charge on any atom is 0.122 e. The fraction of sp³-hybridized carbons (Fsp3) is 0.625. The highest BCUT2D eigenvalue weighted by atomic mass is 16.5. The van der Waals surface area contributed by atoms with Gasteiger partial charge in [0.25, 0.3) is 0 Å². The average molecular weight is 247 g/mol. The first-order valence-electron chi connectivity index (χ1n) is 7.15. The van der Waals surface area contributed by atoms with E-state index in [1.807, 2.05) is 0 Å². The molecule has 2 nitrogen and oxygen atoms in total. The molecular formula is C16H25NO. The molecule has 0 bridgehead atoms. The summed E-state index contributed by atoms with van der Waals surface area (Å²) < 4.78 is 5.43. The van der Waals surface area contributed by atoms with Crippen LogP contribution in [0.1, 0.15) is 36.8 Å². The van der Waals surface area contributed by atoms with Crippen LogP contribution in [0.3, 0.4) is 0 Å². The monoisotopic (exact) mass is 247 g/mol. The molecule has 0 spiro atoms. The highest BCUT2D eigenvalue weighted by Crippen LogP contribution is 2.21. The number of piperidine rings is 1. The lowest BCUT2D eigenvalue weighted by Crippen LogP contribution is -2.30. The Balaban J connectivity index is 1.83. The van der Waals surface area contributed by atoms with Crippen LogP contribution in [0.15, 0.2) is 18.2 Å². The number of likely N-dealkylation sites (tertiary alicyclic amines) is 1. The first-order chi connectivity index (χ1) is 8.79. The lowest BCUT2D eigenvalue weighted by molar-refractivity contribution is 0.226. The SMILES string of the molecule is COc1ccc(C)cc1CCCN1CCCCC1. The molecule has 1 fully saturated rings. The van der Waals surface area contributed by atoms with Crippen molar-refractivity contribution >= 4 is 0 Å². The number of methoxy groups -OCH3 is 1. The van der Waals surface area contributed by atoms with E-state index in [1.54, 1.807) is 7.11 Å². The predicted molar refractivity (Wildman–Crippen MR) is 76.3 cm³/mol. The molecule has 1 saturated heterocycles. The molecule has 1 aliphatic heterocycles. The van der Waals surface area contributed by atoms with Crippen LogP contribution < -0.4 is 4.74 Å². The molecule has 0 unspecified atom stereocenters. The number of benzene rings is 1. The zero-order chi connectivity index (χ0) is 12.8. The van der Waals surface area contributed by atoms with E-state index in [9.17, 15) is 0 Å². The van der Waals surface area contributed by atoms with Gasteiger partial charge in [0.15, 0.2) is 0 Å². The van der Waals surface area contributed by atoms with Gasteiger partial charge in [0.2, 0.25) is 0 Å². The summed E-state index contributed by atoms with van der Waals surface area (Å²) in [5, 5.41) is 0. The molecule has 1 aliphatic rings. The summed E-state index contributed by atoms with van der Waals surface area (Å²) >= 11 is 0. The van der Waals surface area contributed by atoms with E-state index >= 15 is 0 Å². The predicted octanol–water partition coefficient (Wildman–Crippen LogP) is 3.42. The normalized spacial score (nSPS) is 16.8. The van der Waals surface area contributed by atoms with Crippen molar-refractivity contribution in [2.45, 2.75) is 39.0 Å². The first-order valence-corrected chi connectivity index (χ1v) is 7.15. The van der Waals surface area contributed by atoms with Gasteiger partial charge in [-0.2, -0.15) is 0 Å². The fourth-order valence-corrected chi connectivity index (χ4v) is 2.78. The topological polar surface area (TPSA) is 12.5 Å². The molecule has 0 N–H and O–H groups in total.